The Kier molecular flexibility index (Phi) is 2.50. The Labute approximate surface area is 98.6 Å². The van der Waals surface area contributed by atoms with Crippen molar-refractivity contribution in [2.45, 2.75) is 0 Å². The van der Waals surface area contributed by atoms with Gasteiger partial charge in [-0.25, -0.2) is 10.4 Å². The highest BCUT2D eigenvalue weighted by Gasteiger charge is 2.02. The van der Waals surface area contributed by atoms with E-state index in [9.17, 15) is 0 Å². The van der Waals surface area contributed by atoms with Crippen molar-refractivity contribution in [3.63, 3.8) is 0 Å². The Morgan fingerprint density at radius 2 is 2.29 bits per heavy atom. The van der Waals surface area contributed by atoms with E-state index in [4.69, 9.17) is 0 Å². The number of aromatic amines is 1. The average Bonchev–Trinajstić information content (AvgIpc) is 2.99. The molecule has 1 aliphatic heterocycles. The van der Waals surface area contributed by atoms with Crippen LogP contribution in [-0.4, -0.2) is 30.2 Å². The summed E-state index contributed by atoms with van der Waals surface area (Å²) in [6.07, 6.45) is 3.74. The quantitative estimate of drug-likeness (QED) is 0.530. The van der Waals surface area contributed by atoms with Crippen LogP contribution in [0.1, 0.15) is 5.56 Å². The van der Waals surface area contributed by atoms with E-state index in [0.717, 1.165) is 30.1 Å². The van der Waals surface area contributed by atoms with Crippen molar-refractivity contribution in [1.82, 2.24) is 15.7 Å². The molecule has 0 radical (unpaired) electrons. The minimum absolute atomic E-state index is 0.737. The van der Waals surface area contributed by atoms with Crippen molar-refractivity contribution in [2.75, 3.05) is 13.1 Å². The van der Waals surface area contributed by atoms with Gasteiger partial charge >= 0.3 is 0 Å². The number of para-hydroxylation sites is 1. The molecule has 0 atom stereocenters. The standard InChI is InChI=1S/C12H13N5/c1-2-4-11-10(3-1)9(7-15-11)8-16-17-12-13-5-6-14-12/h1-4,7-8,15H,5-6H2,(H2,13,14,17)/b16-8+. The van der Waals surface area contributed by atoms with Gasteiger partial charge in [-0.1, -0.05) is 18.2 Å². The number of H-pyrrole nitrogens is 1. The van der Waals surface area contributed by atoms with E-state index in [0.29, 0.717) is 0 Å². The molecule has 17 heavy (non-hydrogen) atoms. The van der Waals surface area contributed by atoms with Crippen LogP contribution >= 0.6 is 0 Å². The van der Waals surface area contributed by atoms with Gasteiger partial charge in [-0.3, -0.25) is 0 Å². The van der Waals surface area contributed by atoms with Crippen molar-refractivity contribution >= 4 is 23.1 Å². The lowest BCUT2D eigenvalue weighted by Gasteiger charge is -1.98. The van der Waals surface area contributed by atoms with Crippen LogP contribution in [0.3, 0.4) is 0 Å². The lowest BCUT2D eigenvalue weighted by Crippen LogP contribution is -2.30. The number of fused-ring (bicyclic) bond motifs is 1. The zero-order valence-electron chi connectivity index (χ0n) is 9.27. The molecule has 1 aromatic carbocycles. The number of hydrogen-bond acceptors (Lipinski definition) is 4. The third-order valence-corrected chi connectivity index (χ3v) is 2.67. The summed E-state index contributed by atoms with van der Waals surface area (Å²) in [5.41, 5.74) is 5.06. The molecule has 86 valence electrons. The zero-order chi connectivity index (χ0) is 11.5. The Hall–Kier alpha value is -2.30. The second kappa shape index (κ2) is 4.29. The molecule has 0 saturated heterocycles. The second-order valence-electron chi connectivity index (χ2n) is 3.82. The molecule has 2 aromatic rings. The summed E-state index contributed by atoms with van der Waals surface area (Å²) in [6.45, 7) is 1.69. The van der Waals surface area contributed by atoms with Crippen LogP contribution < -0.4 is 10.7 Å². The third-order valence-electron chi connectivity index (χ3n) is 2.67. The molecule has 0 fully saturated rings. The van der Waals surface area contributed by atoms with Crippen LogP contribution in [0.25, 0.3) is 10.9 Å². The lowest BCUT2D eigenvalue weighted by molar-refractivity contribution is 0.920. The molecule has 0 unspecified atom stereocenters. The summed E-state index contributed by atoms with van der Waals surface area (Å²) < 4.78 is 0. The van der Waals surface area contributed by atoms with Crippen LogP contribution in [0, 0.1) is 0 Å². The van der Waals surface area contributed by atoms with Crippen molar-refractivity contribution in [2.24, 2.45) is 10.1 Å². The van der Waals surface area contributed by atoms with Crippen molar-refractivity contribution in [3.05, 3.63) is 36.0 Å². The number of rotatable bonds is 2. The first kappa shape index (κ1) is 9.89. The van der Waals surface area contributed by atoms with E-state index in [1.54, 1.807) is 6.21 Å². The molecule has 0 aliphatic carbocycles. The highest BCUT2D eigenvalue weighted by Crippen LogP contribution is 2.15. The predicted molar refractivity (Wildman–Crippen MR) is 69.3 cm³/mol. The maximum Gasteiger partial charge on any atom is 0.212 e. The minimum Gasteiger partial charge on any atom is -0.361 e. The van der Waals surface area contributed by atoms with E-state index in [1.165, 1.54) is 5.39 Å². The molecule has 3 rings (SSSR count). The fourth-order valence-corrected chi connectivity index (χ4v) is 1.84. The first-order chi connectivity index (χ1) is 8.43. The predicted octanol–water partition coefficient (Wildman–Crippen LogP) is 1.05. The number of nitrogens with one attached hydrogen (secondary N) is 3. The van der Waals surface area contributed by atoms with Gasteiger partial charge < -0.3 is 10.3 Å². The topological polar surface area (TPSA) is 64.6 Å². The number of nitrogens with zero attached hydrogens (tertiary/aromatic N) is 2. The number of hydrogen-bond donors (Lipinski definition) is 3. The van der Waals surface area contributed by atoms with Crippen LogP contribution in [0.4, 0.5) is 0 Å². The fraction of sp³-hybridized carbons (Fsp3) is 0.167. The molecule has 1 aromatic heterocycles. The smallest absolute Gasteiger partial charge is 0.212 e. The highest BCUT2D eigenvalue weighted by atomic mass is 15.4. The Morgan fingerprint density at radius 1 is 1.35 bits per heavy atom. The molecule has 0 spiro atoms. The summed E-state index contributed by atoms with van der Waals surface area (Å²) >= 11 is 0. The molecule has 1 aliphatic rings. The largest absolute Gasteiger partial charge is 0.361 e. The number of guanidine groups is 1. The summed E-state index contributed by atoms with van der Waals surface area (Å²) in [6, 6.07) is 8.14. The molecule has 2 heterocycles. The van der Waals surface area contributed by atoms with Gasteiger partial charge in [0.1, 0.15) is 0 Å². The van der Waals surface area contributed by atoms with E-state index >= 15 is 0 Å². The third kappa shape index (κ3) is 1.99. The molecular weight excluding hydrogens is 214 g/mol. The number of aliphatic imine (C=N–C) groups is 1. The highest BCUT2D eigenvalue weighted by molar-refractivity contribution is 5.99. The maximum absolute atomic E-state index is 4.19. The van der Waals surface area contributed by atoms with Crippen molar-refractivity contribution in [3.8, 4) is 0 Å². The summed E-state index contributed by atoms with van der Waals surface area (Å²) in [4.78, 5) is 7.39. The average molecular weight is 227 g/mol. The first-order valence-electron chi connectivity index (χ1n) is 5.57. The zero-order valence-corrected chi connectivity index (χ0v) is 9.27. The van der Waals surface area contributed by atoms with Crippen LogP contribution in [0.5, 0.6) is 0 Å². The van der Waals surface area contributed by atoms with Gasteiger partial charge in [0.2, 0.25) is 5.96 Å². The SMILES string of the molecule is C(=N\NC1=NCCN1)/c1c[nH]c2ccccc12. The van der Waals surface area contributed by atoms with Gasteiger partial charge in [0, 0.05) is 29.2 Å². The first-order valence-corrected chi connectivity index (χ1v) is 5.57. The summed E-state index contributed by atoms with van der Waals surface area (Å²) in [5.74, 6) is 0.737. The molecule has 0 bridgehead atoms. The Morgan fingerprint density at radius 3 is 3.18 bits per heavy atom. The Bertz CT molecular complexity index is 581. The minimum atomic E-state index is 0.737. The normalized spacial score (nSPS) is 15.2. The van der Waals surface area contributed by atoms with Gasteiger partial charge in [-0.15, -0.1) is 0 Å². The maximum atomic E-state index is 4.19. The van der Waals surface area contributed by atoms with Crippen molar-refractivity contribution in [1.29, 1.82) is 0 Å². The van der Waals surface area contributed by atoms with Gasteiger partial charge in [0.05, 0.1) is 12.8 Å². The van der Waals surface area contributed by atoms with E-state index in [-0.39, 0.29) is 0 Å². The van der Waals surface area contributed by atoms with Gasteiger partial charge in [-0.05, 0) is 6.07 Å². The summed E-state index contributed by atoms with van der Waals surface area (Å²) in [7, 11) is 0. The fourth-order valence-electron chi connectivity index (χ4n) is 1.84. The molecule has 0 saturated carbocycles. The van der Waals surface area contributed by atoms with E-state index < -0.39 is 0 Å². The molecule has 3 N–H and O–H groups in total. The number of benzene rings is 1. The van der Waals surface area contributed by atoms with Crippen LogP contribution in [0.2, 0.25) is 0 Å². The molecule has 5 nitrogen and oxygen atoms in total. The van der Waals surface area contributed by atoms with Crippen LogP contribution in [0.15, 0.2) is 40.6 Å². The van der Waals surface area contributed by atoms with E-state index in [1.807, 2.05) is 24.4 Å². The molecular formula is C12H13N5. The van der Waals surface area contributed by atoms with Crippen LogP contribution in [-0.2, 0) is 0 Å². The number of hydrazone groups is 1. The van der Waals surface area contributed by atoms with Gasteiger partial charge in [0.25, 0.3) is 0 Å². The second-order valence-corrected chi connectivity index (χ2v) is 3.82. The molecule has 0 amide bonds. The number of aromatic nitrogens is 1. The monoisotopic (exact) mass is 227 g/mol. The lowest BCUT2D eigenvalue weighted by atomic mass is 10.2. The van der Waals surface area contributed by atoms with Crippen molar-refractivity contribution < 1.29 is 0 Å². The van der Waals surface area contributed by atoms with Gasteiger partial charge in [0.15, 0.2) is 0 Å². The summed E-state index contributed by atoms with van der Waals surface area (Å²) in [5, 5.41) is 8.41. The Balaban J connectivity index is 1.78. The van der Waals surface area contributed by atoms with Gasteiger partial charge in [-0.2, -0.15) is 5.10 Å². The molecule has 5 heteroatoms. The van der Waals surface area contributed by atoms with E-state index in [2.05, 4.69) is 31.9 Å².